The second kappa shape index (κ2) is 11.4. The fourth-order valence-corrected chi connectivity index (χ4v) is 6.83. The van der Waals surface area contributed by atoms with Crippen molar-refractivity contribution in [3.8, 4) is 16.9 Å². The topological polar surface area (TPSA) is 63.5 Å². The number of para-hydroxylation sites is 1. The van der Waals surface area contributed by atoms with Gasteiger partial charge in [-0.05, 0) is 38.5 Å². The van der Waals surface area contributed by atoms with Crippen LogP contribution < -0.4 is 4.90 Å². The summed E-state index contributed by atoms with van der Waals surface area (Å²) in [7, 11) is 0. The highest BCUT2D eigenvalue weighted by Gasteiger charge is 2.25. The molecule has 1 saturated heterocycles. The van der Waals surface area contributed by atoms with Gasteiger partial charge in [-0.3, -0.25) is 14.6 Å². The predicted molar refractivity (Wildman–Crippen MR) is 160 cm³/mol. The van der Waals surface area contributed by atoms with E-state index in [1.165, 1.54) is 28.2 Å². The van der Waals surface area contributed by atoms with Gasteiger partial charge in [-0.25, -0.2) is 9.67 Å². The van der Waals surface area contributed by atoms with Gasteiger partial charge in [0.25, 0.3) is 5.91 Å². The van der Waals surface area contributed by atoms with E-state index in [1.807, 2.05) is 58.3 Å². The number of morpholine rings is 1. The van der Waals surface area contributed by atoms with Crippen LogP contribution in [0.5, 0.6) is 0 Å². The molecular formula is C30H31N5O2S2. The van der Waals surface area contributed by atoms with Crippen LogP contribution in [0.3, 0.4) is 0 Å². The minimum atomic E-state index is -0.0120. The zero-order valence-corrected chi connectivity index (χ0v) is 23.8. The van der Waals surface area contributed by atoms with E-state index in [-0.39, 0.29) is 5.91 Å². The lowest BCUT2D eigenvalue weighted by molar-refractivity contribution is 0.0376. The number of hydrogen-bond acceptors (Lipinski definition) is 7. The number of aryl methyl sites for hydroxylation is 2. The number of amides is 1. The van der Waals surface area contributed by atoms with Gasteiger partial charge in [0.2, 0.25) is 0 Å². The molecule has 9 heteroatoms. The van der Waals surface area contributed by atoms with Crippen molar-refractivity contribution in [2.45, 2.75) is 20.3 Å². The maximum atomic E-state index is 14.1. The Balaban J connectivity index is 1.30. The van der Waals surface area contributed by atoms with E-state index in [9.17, 15) is 4.79 Å². The third-order valence-electron chi connectivity index (χ3n) is 7.03. The van der Waals surface area contributed by atoms with Crippen LogP contribution in [0.4, 0.5) is 5.13 Å². The fourth-order valence-electron chi connectivity index (χ4n) is 4.84. The van der Waals surface area contributed by atoms with Crippen molar-refractivity contribution < 1.29 is 9.53 Å². The lowest BCUT2D eigenvalue weighted by Gasteiger charge is -2.27. The Morgan fingerprint density at radius 2 is 1.82 bits per heavy atom. The molecule has 7 nitrogen and oxygen atoms in total. The number of rotatable bonds is 8. The number of aromatic nitrogens is 3. The second-order valence-corrected chi connectivity index (χ2v) is 11.7. The Bertz CT molecular complexity index is 1570. The van der Waals surface area contributed by atoms with Crippen LogP contribution in [-0.4, -0.2) is 65.0 Å². The third-order valence-corrected chi connectivity index (χ3v) is 8.99. The summed E-state index contributed by atoms with van der Waals surface area (Å²) in [5.41, 5.74) is 5.07. The van der Waals surface area contributed by atoms with Gasteiger partial charge >= 0.3 is 0 Å². The number of hydrogen-bond donors (Lipinski definition) is 0. The molecule has 1 aliphatic heterocycles. The molecule has 5 aromatic rings. The van der Waals surface area contributed by atoms with Gasteiger partial charge in [-0.2, -0.15) is 5.10 Å². The number of nitrogens with zero attached hydrogens (tertiary/aromatic N) is 5. The van der Waals surface area contributed by atoms with Gasteiger partial charge in [0.05, 0.1) is 35.2 Å². The van der Waals surface area contributed by atoms with E-state index < -0.39 is 0 Å². The molecule has 0 spiro atoms. The first-order valence-electron chi connectivity index (χ1n) is 13.3. The summed E-state index contributed by atoms with van der Waals surface area (Å²) in [6.45, 7) is 9.03. The summed E-state index contributed by atoms with van der Waals surface area (Å²) in [5.74, 6) is -0.0120. The summed E-state index contributed by atoms with van der Waals surface area (Å²) in [4.78, 5) is 25.0. The Kier molecular flexibility index (Phi) is 7.56. The van der Waals surface area contributed by atoms with Gasteiger partial charge < -0.3 is 4.74 Å². The molecule has 1 fully saturated rings. The number of fused-ring (bicyclic) bond motifs is 1. The maximum absolute atomic E-state index is 14.1. The highest BCUT2D eigenvalue weighted by molar-refractivity contribution is 7.20. The Labute approximate surface area is 236 Å². The van der Waals surface area contributed by atoms with E-state index in [1.54, 1.807) is 0 Å². The van der Waals surface area contributed by atoms with Crippen molar-refractivity contribution in [3.63, 3.8) is 0 Å². The quantitative estimate of drug-likeness (QED) is 0.227. The van der Waals surface area contributed by atoms with Crippen LogP contribution in [0.25, 0.3) is 27.2 Å². The summed E-state index contributed by atoms with van der Waals surface area (Å²) in [5, 5.41) is 8.54. The molecule has 1 aliphatic rings. The number of carbonyl (C=O) groups excluding carboxylic acids is 1. The molecule has 0 radical (unpaired) electrons. The number of thiazole rings is 1. The summed E-state index contributed by atoms with van der Waals surface area (Å²) in [6, 6.07) is 20.4. The van der Waals surface area contributed by atoms with Crippen LogP contribution in [0.1, 0.15) is 27.3 Å². The van der Waals surface area contributed by atoms with E-state index in [0.717, 1.165) is 77.3 Å². The highest BCUT2D eigenvalue weighted by Crippen LogP contribution is 2.34. The molecular weight excluding hydrogens is 526 g/mol. The maximum Gasteiger partial charge on any atom is 0.270 e. The first-order valence-corrected chi connectivity index (χ1v) is 15.0. The number of carbonyl (C=O) groups is 1. The van der Waals surface area contributed by atoms with Crippen molar-refractivity contribution in [1.82, 2.24) is 19.7 Å². The van der Waals surface area contributed by atoms with Crippen molar-refractivity contribution in [1.29, 1.82) is 0 Å². The number of thiophene rings is 1. The number of benzene rings is 2. The zero-order valence-electron chi connectivity index (χ0n) is 22.2. The molecule has 0 saturated carbocycles. The molecule has 1 amide bonds. The van der Waals surface area contributed by atoms with Gasteiger partial charge in [-0.15, -0.1) is 22.7 Å². The molecule has 0 bridgehead atoms. The molecule has 0 unspecified atom stereocenters. The molecule has 0 atom stereocenters. The van der Waals surface area contributed by atoms with Gasteiger partial charge in [0.1, 0.15) is 4.83 Å². The largest absolute Gasteiger partial charge is 0.379 e. The minimum Gasteiger partial charge on any atom is -0.379 e. The lowest BCUT2D eigenvalue weighted by Crippen LogP contribution is -2.39. The van der Waals surface area contributed by atoms with Crippen LogP contribution in [0.2, 0.25) is 0 Å². The van der Waals surface area contributed by atoms with Crippen molar-refractivity contribution in [2.75, 3.05) is 44.3 Å². The molecule has 6 rings (SSSR count). The third kappa shape index (κ3) is 5.53. The van der Waals surface area contributed by atoms with Gasteiger partial charge in [0, 0.05) is 42.5 Å². The van der Waals surface area contributed by atoms with Gasteiger partial charge in [-0.1, -0.05) is 48.0 Å². The first kappa shape index (κ1) is 25.9. The Morgan fingerprint density at radius 1 is 1.05 bits per heavy atom. The number of ether oxygens (including phenoxy) is 1. The normalized spacial score (nSPS) is 14.2. The summed E-state index contributed by atoms with van der Waals surface area (Å²) in [6.07, 6.45) is 0.868. The van der Waals surface area contributed by atoms with Crippen molar-refractivity contribution >= 4 is 43.9 Å². The van der Waals surface area contributed by atoms with Crippen molar-refractivity contribution in [3.05, 3.63) is 82.2 Å². The summed E-state index contributed by atoms with van der Waals surface area (Å²) < 4.78 is 7.44. The van der Waals surface area contributed by atoms with Crippen LogP contribution >= 0.6 is 22.7 Å². The van der Waals surface area contributed by atoms with Gasteiger partial charge in [0.15, 0.2) is 5.13 Å². The fraction of sp³-hybridized carbons (Fsp3) is 0.300. The number of anilines is 1. The molecule has 3 aromatic heterocycles. The van der Waals surface area contributed by atoms with Crippen LogP contribution in [-0.2, 0) is 4.74 Å². The standard InChI is InChI=1S/C30H31N5O2S2/c1-21-9-11-23(12-10-21)26-20-38-30(31-26)34(14-6-13-33-15-17-37-18-16-33)28(36)27-19-25-22(2)32-35(29(25)39-27)24-7-4-3-5-8-24/h3-5,7-12,19-20H,6,13-18H2,1-2H3. The lowest BCUT2D eigenvalue weighted by atomic mass is 10.1. The summed E-state index contributed by atoms with van der Waals surface area (Å²) >= 11 is 3.02. The molecule has 0 aliphatic carbocycles. The molecule has 200 valence electrons. The predicted octanol–water partition coefficient (Wildman–Crippen LogP) is 6.20. The zero-order chi connectivity index (χ0) is 26.8. The van der Waals surface area contributed by atoms with E-state index >= 15 is 0 Å². The molecule has 39 heavy (non-hydrogen) atoms. The molecule has 2 aromatic carbocycles. The average molecular weight is 558 g/mol. The van der Waals surface area contributed by atoms with E-state index in [0.29, 0.717) is 11.4 Å². The van der Waals surface area contributed by atoms with Crippen molar-refractivity contribution in [2.24, 2.45) is 0 Å². The van der Waals surface area contributed by atoms with Crippen LogP contribution in [0, 0.1) is 13.8 Å². The molecule has 0 N–H and O–H groups in total. The monoisotopic (exact) mass is 557 g/mol. The Morgan fingerprint density at radius 3 is 2.59 bits per heavy atom. The van der Waals surface area contributed by atoms with E-state index in [2.05, 4.69) is 36.1 Å². The SMILES string of the molecule is Cc1ccc(-c2csc(N(CCCN3CCOCC3)C(=O)c3cc4c(C)nn(-c5ccccc5)c4s3)n2)cc1. The average Bonchev–Trinajstić information content (AvgIpc) is 3.70. The Hall–Kier alpha value is -3.37. The minimum absolute atomic E-state index is 0.0120. The smallest absolute Gasteiger partial charge is 0.270 e. The highest BCUT2D eigenvalue weighted by atomic mass is 32.1. The van der Waals surface area contributed by atoms with Crippen LogP contribution in [0.15, 0.2) is 66.0 Å². The second-order valence-electron chi connectivity index (χ2n) is 9.81. The molecule has 4 heterocycles. The van der Waals surface area contributed by atoms with E-state index in [4.69, 9.17) is 14.8 Å². The first-order chi connectivity index (χ1) is 19.1.